The Labute approximate surface area is 159 Å². The van der Waals surface area contributed by atoms with Crippen molar-refractivity contribution in [3.05, 3.63) is 34.3 Å². The van der Waals surface area contributed by atoms with E-state index in [1.165, 1.54) is 32.1 Å². The van der Waals surface area contributed by atoms with Crippen LogP contribution in [0.3, 0.4) is 0 Å². The van der Waals surface area contributed by atoms with Crippen molar-refractivity contribution in [2.75, 3.05) is 0 Å². The standard InChI is InChI=1S/C22H29BrO2/c1-14-5-10-17-20(2,3)19(21(4)11-12-22(14,17)13-21)25-18(24)15-6-8-16(23)9-7-15/h6-9,14,17,19H,5,10-13H2,1-4H3. The summed E-state index contributed by atoms with van der Waals surface area (Å²) >= 11 is 3.43. The van der Waals surface area contributed by atoms with E-state index in [0.717, 1.165) is 10.4 Å². The number of hydrogen-bond acceptors (Lipinski definition) is 2. The highest BCUT2D eigenvalue weighted by Crippen LogP contribution is 2.73. The fourth-order valence-corrected chi connectivity index (χ4v) is 7.24. The van der Waals surface area contributed by atoms with E-state index in [9.17, 15) is 4.79 Å². The van der Waals surface area contributed by atoms with E-state index in [1.54, 1.807) is 0 Å². The lowest BCUT2D eigenvalue weighted by atomic mass is 9.51. The topological polar surface area (TPSA) is 26.3 Å². The molecule has 4 rings (SSSR count). The molecule has 1 spiro atoms. The van der Waals surface area contributed by atoms with Crippen LogP contribution in [0.4, 0.5) is 0 Å². The first-order valence-electron chi connectivity index (χ1n) is 9.66. The van der Waals surface area contributed by atoms with Crippen LogP contribution < -0.4 is 0 Å². The molecule has 0 saturated heterocycles. The van der Waals surface area contributed by atoms with Crippen molar-refractivity contribution in [2.24, 2.45) is 28.1 Å². The maximum atomic E-state index is 12.8. The number of carbonyl (C=O) groups excluding carboxylic acids is 1. The van der Waals surface area contributed by atoms with Gasteiger partial charge in [0.1, 0.15) is 6.10 Å². The van der Waals surface area contributed by atoms with Crippen LogP contribution in [0.1, 0.15) is 70.2 Å². The van der Waals surface area contributed by atoms with Crippen LogP contribution in [0.25, 0.3) is 0 Å². The summed E-state index contributed by atoms with van der Waals surface area (Å²) in [5.41, 5.74) is 1.29. The number of benzene rings is 1. The van der Waals surface area contributed by atoms with Crippen molar-refractivity contribution >= 4 is 21.9 Å². The quantitative estimate of drug-likeness (QED) is 0.545. The molecule has 0 heterocycles. The SMILES string of the molecule is CC1CCC2C(C)(C)C(OC(=O)c3ccc(Br)cc3)C3(C)CCC12C3. The second-order valence-electron chi connectivity index (χ2n) is 9.71. The molecular weight excluding hydrogens is 376 g/mol. The highest BCUT2D eigenvalue weighted by atomic mass is 79.9. The van der Waals surface area contributed by atoms with Gasteiger partial charge in [0.05, 0.1) is 5.56 Å². The Morgan fingerprint density at radius 1 is 1.12 bits per heavy atom. The molecule has 0 amide bonds. The summed E-state index contributed by atoms with van der Waals surface area (Å²) in [6, 6.07) is 7.51. The molecule has 136 valence electrons. The summed E-state index contributed by atoms with van der Waals surface area (Å²) in [4.78, 5) is 12.8. The van der Waals surface area contributed by atoms with Gasteiger partial charge in [-0.3, -0.25) is 0 Å². The summed E-state index contributed by atoms with van der Waals surface area (Å²) in [5, 5.41) is 0. The van der Waals surface area contributed by atoms with Crippen LogP contribution in [0, 0.1) is 28.1 Å². The number of fused-ring (bicyclic) bond motifs is 1. The molecule has 3 heteroatoms. The second kappa shape index (κ2) is 5.58. The minimum Gasteiger partial charge on any atom is -0.458 e. The molecule has 5 atom stereocenters. The third-order valence-electron chi connectivity index (χ3n) is 7.97. The maximum Gasteiger partial charge on any atom is 0.338 e. The summed E-state index contributed by atoms with van der Waals surface area (Å²) in [6.07, 6.45) is 6.35. The van der Waals surface area contributed by atoms with E-state index in [0.29, 0.717) is 16.9 Å². The third-order valence-corrected chi connectivity index (χ3v) is 8.50. The van der Waals surface area contributed by atoms with Gasteiger partial charge in [-0.2, -0.15) is 0 Å². The lowest BCUT2D eigenvalue weighted by molar-refractivity contribution is -0.142. The highest BCUT2D eigenvalue weighted by molar-refractivity contribution is 9.10. The van der Waals surface area contributed by atoms with Gasteiger partial charge in [-0.05, 0) is 73.6 Å². The van der Waals surface area contributed by atoms with E-state index in [1.807, 2.05) is 24.3 Å². The highest BCUT2D eigenvalue weighted by Gasteiger charge is 2.69. The van der Waals surface area contributed by atoms with Crippen LogP contribution in [0.15, 0.2) is 28.7 Å². The first kappa shape index (κ1) is 17.6. The zero-order chi connectivity index (χ0) is 18.0. The smallest absolute Gasteiger partial charge is 0.338 e. The zero-order valence-electron chi connectivity index (χ0n) is 15.8. The first-order valence-corrected chi connectivity index (χ1v) is 10.4. The monoisotopic (exact) mass is 404 g/mol. The Morgan fingerprint density at radius 2 is 1.80 bits per heavy atom. The Morgan fingerprint density at radius 3 is 2.48 bits per heavy atom. The van der Waals surface area contributed by atoms with Crippen molar-refractivity contribution in [1.29, 1.82) is 0 Å². The molecule has 2 bridgehead atoms. The Bertz CT molecular complexity index is 694. The fraction of sp³-hybridized carbons (Fsp3) is 0.682. The number of esters is 1. The van der Waals surface area contributed by atoms with Crippen molar-refractivity contribution in [1.82, 2.24) is 0 Å². The number of ether oxygens (including phenoxy) is 1. The van der Waals surface area contributed by atoms with Gasteiger partial charge in [0.2, 0.25) is 0 Å². The van der Waals surface area contributed by atoms with E-state index in [-0.39, 0.29) is 22.9 Å². The summed E-state index contributed by atoms with van der Waals surface area (Å²) in [6.45, 7) is 9.53. The minimum atomic E-state index is -0.169. The van der Waals surface area contributed by atoms with Gasteiger partial charge in [0.25, 0.3) is 0 Å². The average Bonchev–Trinajstić information content (AvgIpc) is 3.05. The number of rotatable bonds is 2. The van der Waals surface area contributed by atoms with Gasteiger partial charge in [-0.1, -0.05) is 43.6 Å². The molecule has 3 saturated carbocycles. The molecule has 0 aromatic heterocycles. The predicted octanol–water partition coefficient (Wildman–Crippen LogP) is 6.24. The zero-order valence-corrected chi connectivity index (χ0v) is 17.4. The molecule has 3 aliphatic rings. The van der Waals surface area contributed by atoms with Gasteiger partial charge < -0.3 is 4.74 Å². The Hall–Kier alpha value is -0.830. The normalized spacial score (nSPS) is 41.4. The second-order valence-corrected chi connectivity index (χ2v) is 10.6. The summed E-state index contributed by atoms with van der Waals surface area (Å²) < 4.78 is 7.23. The lowest BCUT2D eigenvalue weighted by Gasteiger charge is -2.56. The molecule has 0 aliphatic heterocycles. The maximum absolute atomic E-state index is 12.8. The van der Waals surface area contributed by atoms with Gasteiger partial charge in [-0.15, -0.1) is 0 Å². The molecule has 0 radical (unpaired) electrons. The van der Waals surface area contributed by atoms with Gasteiger partial charge in [-0.25, -0.2) is 4.79 Å². The Balaban J connectivity index is 1.65. The van der Waals surface area contributed by atoms with Gasteiger partial charge >= 0.3 is 5.97 Å². The van der Waals surface area contributed by atoms with Gasteiger partial charge in [0.15, 0.2) is 0 Å². The van der Waals surface area contributed by atoms with Crippen LogP contribution in [-0.2, 0) is 4.74 Å². The third kappa shape index (κ3) is 2.44. The van der Waals surface area contributed by atoms with E-state index in [4.69, 9.17) is 4.74 Å². The van der Waals surface area contributed by atoms with Crippen LogP contribution >= 0.6 is 15.9 Å². The molecule has 1 aromatic carbocycles. The number of carbonyl (C=O) groups is 1. The minimum absolute atomic E-state index is 0.00192. The molecule has 2 nitrogen and oxygen atoms in total. The Kier molecular flexibility index (Phi) is 3.92. The molecule has 5 unspecified atom stereocenters. The van der Waals surface area contributed by atoms with Crippen molar-refractivity contribution in [3.63, 3.8) is 0 Å². The first-order chi connectivity index (χ1) is 11.7. The van der Waals surface area contributed by atoms with Crippen molar-refractivity contribution < 1.29 is 9.53 Å². The summed E-state index contributed by atoms with van der Waals surface area (Å²) in [5.74, 6) is 1.31. The van der Waals surface area contributed by atoms with Crippen molar-refractivity contribution in [2.45, 2.75) is 65.9 Å². The molecule has 3 aliphatic carbocycles. The van der Waals surface area contributed by atoms with Crippen LogP contribution in [-0.4, -0.2) is 12.1 Å². The number of halogens is 1. The van der Waals surface area contributed by atoms with Crippen LogP contribution in [0.2, 0.25) is 0 Å². The van der Waals surface area contributed by atoms with E-state index >= 15 is 0 Å². The lowest BCUT2D eigenvalue weighted by Crippen LogP contribution is -2.56. The molecule has 0 N–H and O–H groups in total. The number of hydrogen-bond donors (Lipinski definition) is 0. The van der Waals surface area contributed by atoms with Crippen LogP contribution in [0.5, 0.6) is 0 Å². The van der Waals surface area contributed by atoms with E-state index in [2.05, 4.69) is 43.6 Å². The predicted molar refractivity (Wildman–Crippen MR) is 103 cm³/mol. The van der Waals surface area contributed by atoms with Crippen molar-refractivity contribution in [3.8, 4) is 0 Å². The molecule has 1 aromatic rings. The molecular formula is C22H29BrO2. The molecule has 3 fully saturated rings. The summed E-state index contributed by atoms with van der Waals surface area (Å²) in [7, 11) is 0. The van der Waals surface area contributed by atoms with Gasteiger partial charge in [0, 0.05) is 15.3 Å². The fourth-order valence-electron chi connectivity index (χ4n) is 6.97. The largest absolute Gasteiger partial charge is 0.458 e. The molecule has 25 heavy (non-hydrogen) atoms. The average molecular weight is 405 g/mol. The van der Waals surface area contributed by atoms with E-state index < -0.39 is 0 Å².